The lowest BCUT2D eigenvalue weighted by atomic mass is 10.1. The average molecular weight is 250 g/mol. The molecule has 0 saturated carbocycles. The van der Waals surface area contributed by atoms with E-state index < -0.39 is 0 Å². The zero-order valence-corrected chi connectivity index (χ0v) is 10.6. The number of rotatable bonds is 2. The first kappa shape index (κ1) is 11.5. The lowest BCUT2D eigenvalue weighted by Crippen LogP contribution is -1.94. The van der Waals surface area contributed by atoms with Crippen LogP contribution in [-0.4, -0.2) is 14.8 Å². The highest BCUT2D eigenvalue weighted by Crippen LogP contribution is 2.20. The monoisotopic (exact) mass is 250 g/mol. The summed E-state index contributed by atoms with van der Waals surface area (Å²) in [6.45, 7) is 1.98. The molecular weight excluding hydrogens is 236 g/mol. The minimum absolute atomic E-state index is 0.701. The lowest BCUT2D eigenvalue weighted by molar-refractivity contribution is 0.882. The molecule has 1 aromatic heterocycles. The van der Waals surface area contributed by atoms with Crippen LogP contribution in [0.3, 0.4) is 0 Å². The van der Waals surface area contributed by atoms with Crippen LogP contribution >= 0.6 is 0 Å². The summed E-state index contributed by atoms with van der Waals surface area (Å²) >= 11 is 0. The fourth-order valence-electron chi connectivity index (χ4n) is 1.92. The van der Waals surface area contributed by atoms with Gasteiger partial charge in [-0.05, 0) is 42.8 Å². The van der Waals surface area contributed by atoms with Crippen LogP contribution in [-0.2, 0) is 0 Å². The number of hydrogen-bond donors (Lipinski definition) is 1. The Morgan fingerprint density at radius 1 is 1.05 bits per heavy atom. The van der Waals surface area contributed by atoms with Gasteiger partial charge >= 0.3 is 0 Å². The van der Waals surface area contributed by atoms with Crippen molar-refractivity contribution in [1.29, 1.82) is 0 Å². The largest absolute Gasteiger partial charge is 0.399 e. The summed E-state index contributed by atoms with van der Waals surface area (Å²) in [5.41, 5.74) is 9.60. The van der Waals surface area contributed by atoms with Gasteiger partial charge in [0.1, 0.15) is 6.33 Å². The van der Waals surface area contributed by atoms with Crippen molar-refractivity contribution < 1.29 is 0 Å². The Bertz CT molecular complexity index is 701. The van der Waals surface area contributed by atoms with E-state index in [0.29, 0.717) is 5.82 Å². The van der Waals surface area contributed by atoms with Gasteiger partial charge < -0.3 is 5.73 Å². The van der Waals surface area contributed by atoms with E-state index in [1.165, 1.54) is 0 Å². The molecule has 0 aliphatic heterocycles. The van der Waals surface area contributed by atoms with Gasteiger partial charge in [0.2, 0.25) is 0 Å². The Hall–Kier alpha value is -2.62. The highest BCUT2D eigenvalue weighted by atomic mass is 15.3. The zero-order chi connectivity index (χ0) is 13.2. The van der Waals surface area contributed by atoms with Crippen molar-refractivity contribution in [3.05, 3.63) is 60.4 Å². The number of aryl methyl sites for hydroxylation is 1. The van der Waals surface area contributed by atoms with E-state index in [0.717, 1.165) is 22.5 Å². The molecule has 0 unspecified atom stereocenters. The molecule has 0 aliphatic carbocycles. The molecule has 3 rings (SSSR count). The maximum absolute atomic E-state index is 5.82. The SMILES string of the molecule is Cc1cc(-c2ncn(-c3ccccc3)n2)ccc1N. The Kier molecular flexibility index (Phi) is 2.76. The molecule has 4 heteroatoms. The van der Waals surface area contributed by atoms with E-state index in [2.05, 4.69) is 10.1 Å². The maximum atomic E-state index is 5.82. The van der Waals surface area contributed by atoms with Gasteiger partial charge in [0, 0.05) is 11.3 Å². The molecule has 4 nitrogen and oxygen atoms in total. The smallest absolute Gasteiger partial charge is 0.181 e. The van der Waals surface area contributed by atoms with Crippen molar-refractivity contribution in [2.45, 2.75) is 6.92 Å². The molecule has 2 aromatic carbocycles. The van der Waals surface area contributed by atoms with Crippen LogP contribution in [0.5, 0.6) is 0 Å². The second-order valence-electron chi connectivity index (χ2n) is 4.42. The van der Waals surface area contributed by atoms with E-state index in [9.17, 15) is 0 Å². The Morgan fingerprint density at radius 3 is 2.58 bits per heavy atom. The summed E-state index contributed by atoms with van der Waals surface area (Å²) in [4.78, 5) is 4.34. The normalized spacial score (nSPS) is 10.6. The third-order valence-electron chi connectivity index (χ3n) is 3.04. The first-order valence-electron chi connectivity index (χ1n) is 6.07. The Labute approximate surface area is 111 Å². The predicted molar refractivity (Wildman–Crippen MR) is 75.9 cm³/mol. The number of anilines is 1. The van der Waals surface area contributed by atoms with Gasteiger partial charge in [0.05, 0.1) is 5.69 Å². The first-order chi connectivity index (χ1) is 9.24. The van der Waals surface area contributed by atoms with Crippen LogP contribution in [0.25, 0.3) is 17.1 Å². The molecule has 3 aromatic rings. The molecule has 19 heavy (non-hydrogen) atoms. The molecule has 94 valence electrons. The van der Waals surface area contributed by atoms with Gasteiger partial charge in [-0.1, -0.05) is 18.2 Å². The molecule has 0 amide bonds. The van der Waals surface area contributed by atoms with Crippen LogP contribution < -0.4 is 5.73 Å². The zero-order valence-electron chi connectivity index (χ0n) is 10.6. The van der Waals surface area contributed by atoms with Crippen molar-refractivity contribution in [2.24, 2.45) is 0 Å². The summed E-state index contributed by atoms with van der Waals surface area (Å²) in [6, 6.07) is 15.7. The fourth-order valence-corrected chi connectivity index (χ4v) is 1.92. The lowest BCUT2D eigenvalue weighted by Gasteiger charge is -2.02. The summed E-state index contributed by atoms with van der Waals surface area (Å²) in [5, 5.41) is 4.49. The maximum Gasteiger partial charge on any atom is 0.181 e. The molecule has 0 spiro atoms. The summed E-state index contributed by atoms with van der Waals surface area (Å²) in [6.07, 6.45) is 1.72. The fraction of sp³-hybridized carbons (Fsp3) is 0.0667. The van der Waals surface area contributed by atoms with Gasteiger partial charge in [-0.15, -0.1) is 5.10 Å². The minimum Gasteiger partial charge on any atom is -0.399 e. The molecular formula is C15H14N4. The molecule has 0 bridgehead atoms. The topological polar surface area (TPSA) is 56.7 Å². The van der Waals surface area contributed by atoms with E-state index in [1.807, 2.05) is 55.5 Å². The van der Waals surface area contributed by atoms with Crippen LogP contribution in [0.2, 0.25) is 0 Å². The van der Waals surface area contributed by atoms with Gasteiger partial charge in [0.15, 0.2) is 5.82 Å². The molecule has 0 aliphatic rings. The minimum atomic E-state index is 0.701. The Balaban J connectivity index is 1.99. The summed E-state index contributed by atoms with van der Waals surface area (Å²) in [7, 11) is 0. The van der Waals surface area contributed by atoms with E-state index in [1.54, 1.807) is 11.0 Å². The standard InChI is InChI=1S/C15H14N4/c1-11-9-12(7-8-14(11)16)15-17-10-19(18-15)13-5-3-2-4-6-13/h2-10H,16H2,1H3. The molecule has 2 N–H and O–H groups in total. The van der Waals surface area contributed by atoms with Crippen molar-refractivity contribution >= 4 is 5.69 Å². The van der Waals surface area contributed by atoms with Gasteiger partial charge in [-0.25, -0.2) is 9.67 Å². The Morgan fingerprint density at radius 2 is 1.84 bits per heavy atom. The second kappa shape index (κ2) is 4.57. The molecule has 0 fully saturated rings. The van der Waals surface area contributed by atoms with Crippen LogP contribution in [0.4, 0.5) is 5.69 Å². The molecule has 0 atom stereocenters. The third-order valence-corrected chi connectivity index (χ3v) is 3.04. The van der Waals surface area contributed by atoms with Crippen LogP contribution in [0.1, 0.15) is 5.56 Å². The number of benzene rings is 2. The predicted octanol–water partition coefficient (Wildman–Crippen LogP) is 2.82. The highest BCUT2D eigenvalue weighted by Gasteiger charge is 2.06. The quantitative estimate of drug-likeness (QED) is 0.711. The van der Waals surface area contributed by atoms with Crippen molar-refractivity contribution in [2.75, 3.05) is 5.73 Å². The van der Waals surface area contributed by atoms with Crippen LogP contribution in [0.15, 0.2) is 54.9 Å². The first-order valence-corrected chi connectivity index (χ1v) is 6.07. The summed E-state index contributed by atoms with van der Waals surface area (Å²) < 4.78 is 1.76. The van der Waals surface area contributed by atoms with E-state index >= 15 is 0 Å². The summed E-state index contributed by atoms with van der Waals surface area (Å²) in [5.74, 6) is 0.701. The van der Waals surface area contributed by atoms with Crippen LogP contribution in [0, 0.1) is 6.92 Å². The number of para-hydroxylation sites is 1. The number of aromatic nitrogens is 3. The van der Waals surface area contributed by atoms with Crippen molar-refractivity contribution in [1.82, 2.24) is 14.8 Å². The second-order valence-corrected chi connectivity index (χ2v) is 4.42. The number of hydrogen-bond acceptors (Lipinski definition) is 3. The third kappa shape index (κ3) is 2.20. The van der Waals surface area contributed by atoms with Gasteiger partial charge in [0.25, 0.3) is 0 Å². The van der Waals surface area contributed by atoms with Crippen molar-refractivity contribution in [3.63, 3.8) is 0 Å². The van der Waals surface area contributed by atoms with E-state index in [4.69, 9.17) is 5.73 Å². The van der Waals surface area contributed by atoms with Crippen molar-refractivity contribution in [3.8, 4) is 17.1 Å². The number of nitrogens with two attached hydrogens (primary N) is 1. The van der Waals surface area contributed by atoms with Gasteiger partial charge in [-0.2, -0.15) is 0 Å². The molecule has 1 heterocycles. The van der Waals surface area contributed by atoms with E-state index in [-0.39, 0.29) is 0 Å². The molecule has 0 radical (unpaired) electrons. The average Bonchev–Trinajstić information content (AvgIpc) is 2.93. The molecule has 0 saturated heterocycles. The number of nitrogens with zero attached hydrogens (tertiary/aromatic N) is 3. The number of nitrogen functional groups attached to an aromatic ring is 1. The van der Waals surface area contributed by atoms with Gasteiger partial charge in [-0.3, -0.25) is 0 Å². The highest BCUT2D eigenvalue weighted by molar-refractivity contribution is 5.61.